The van der Waals surface area contributed by atoms with Crippen molar-refractivity contribution < 1.29 is 9.50 Å². The minimum Gasteiger partial charge on any atom is -0.508 e. The lowest BCUT2D eigenvalue weighted by atomic mass is 9.88. The van der Waals surface area contributed by atoms with Crippen LogP contribution in [0, 0.1) is 0 Å². The Morgan fingerprint density at radius 1 is 1.40 bits per heavy atom. The van der Waals surface area contributed by atoms with E-state index in [0.717, 1.165) is 5.56 Å². The van der Waals surface area contributed by atoms with Crippen LogP contribution in [0.3, 0.4) is 0 Å². The van der Waals surface area contributed by atoms with Crippen molar-refractivity contribution in [2.24, 2.45) is 5.73 Å². The third-order valence-electron chi connectivity index (χ3n) is 3.20. The predicted molar refractivity (Wildman–Crippen MR) is 57.3 cm³/mol. The van der Waals surface area contributed by atoms with E-state index in [0.29, 0.717) is 19.3 Å². The van der Waals surface area contributed by atoms with Gasteiger partial charge in [0.2, 0.25) is 0 Å². The van der Waals surface area contributed by atoms with Gasteiger partial charge in [-0.3, -0.25) is 0 Å². The molecule has 15 heavy (non-hydrogen) atoms. The molecule has 1 aliphatic carbocycles. The van der Waals surface area contributed by atoms with Gasteiger partial charge in [0.15, 0.2) is 0 Å². The molecule has 3 heteroatoms. The standard InChI is InChI=1S/C12H16FNO/c1-11(13)5-6-12(14,8-11)9-3-2-4-10(15)7-9/h2-4,7,15H,5-6,8,14H2,1H3. The molecule has 0 amide bonds. The lowest BCUT2D eigenvalue weighted by Gasteiger charge is -2.25. The molecule has 2 rings (SSSR count). The van der Waals surface area contributed by atoms with Crippen LogP contribution < -0.4 is 5.73 Å². The summed E-state index contributed by atoms with van der Waals surface area (Å²) in [6.45, 7) is 1.59. The summed E-state index contributed by atoms with van der Waals surface area (Å²) >= 11 is 0. The lowest BCUT2D eigenvalue weighted by molar-refractivity contribution is 0.187. The van der Waals surface area contributed by atoms with Crippen LogP contribution in [0.4, 0.5) is 4.39 Å². The monoisotopic (exact) mass is 209 g/mol. The second-order valence-corrected chi connectivity index (χ2v) is 4.80. The second kappa shape index (κ2) is 3.20. The van der Waals surface area contributed by atoms with Gasteiger partial charge in [-0.2, -0.15) is 0 Å². The zero-order valence-corrected chi connectivity index (χ0v) is 8.83. The van der Waals surface area contributed by atoms with Gasteiger partial charge in [0.25, 0.3) is 0 Å². The van der Waals surface area contributed by atoms with Gasteiger partial charge in [-0.25, -0.2) is 4.39 Å². The van der Waals surface area contributed by atoms with Crippen molar-refractivity contribution in [2.45, 2.75) is 37.4 Å². The summed E-state index contributed by atoms with van der Waals surface area (Å²) in [6, 6.07) is 6.81. The molecule has 0 radical (unpaired) electrons. The number of nitrogens with two attached hydrogens (primary N) is 1. The van der Waals surface area contributed by atoms with E-state index in [1.165, 1.54) is 0 Å². The first kappa shape index (κ1) is 10.4. The summed E-state index contributed by atoms with van der Waals surface area (Å²) in [4.78, 5) is 0. The first-order chi connectivity index (χ1) is 6.91. The highest BCUT2D eigenvalue weighted by Gasteiger charge is 2.44. The minimum absolute atomic E-state index is 0.185. The molecular formula is C12H16FNO. The molecule has 0 aromatic heterocycles. The average Bonchev–Trinajstić information content (AvgIpc) is 2.42. The van der Waals surface area contributed by atoms with Gasteiger partial charge >= 0.3 is 0 Å². The van der Waals surface area contributed by atoms with Crippen LogP contribution in [0.15, 0.2) is 24.3 Å². The molecule has 2 nitrogen and oxygen atoms in total. The van der Waals surface area contributed by atoms with E-state index in [1.807, 2.05) is 6.07 Å². The highest BCUT2D eigenvalue weighted by molar-refractivity contribution is 5.33. The van der Waals surface area contributed by atoms with Crippen molar-refractivity contribution in [3.8, 4) is 5.75 Å². The Kier molecular flexibility index (Phi) is 2.23. The van der Waals surface area contributed by atoms with Crippen molar-refractivity contribution in [1.82, 2.24) is 0 Å². The molecule has 1 aromatic rings. The number of hydrogen-bond acceptors (Lipinski definition) is 2. The van der Waals surface area contributed by atoms with Crippen LogP contribution in [0.5, 0.6) is 5.75 Å². The molecule has 1 fully saturated rings. The molecule has 2 atom stereocenters. The van der Waals surface area contributed by atoms with E-state index in [1.54, 1.807) is 25.1 Å². The zero-order valence-electron chi connectivity index (χ0n) is 8.83. The Labute approximate surface area is 88.9 Å². The van der Waals surface area contributed by atoms with Gasteiger partial charge in [0.1, 0.15) is 11.4 Å². The SMILES string of the molecule is CC1(F)CCC(N)(c2cccc(O)c2)C1. The molecule has 2 unspecified atom stereocenters. The molecule has 0 spiro atoms. The molecule has 0 saturated heterocycles. The number of phenols is 1. The van der Waals surface area contributed by atoms with Gasteiger partial charge in [-0.15, -0.1) is 0 Å². The third-order valence-corrected chi connectivity index (χ3v) is 3.20. The van der Waals surface area contributed by atoms with Crippen LogP contribution in [0.25, 0.3) is 0 Å². The molecule has 1 saturated carbocycles. The molecular weight excluding hydrogens is 193 g/mol. The van der Waals surface area contributed by atoms with Crippen LogP contribution >= 0.6 is 0 Å². The Balaban J connectivity index is 2.31. The molecule has 0 bridgehead atoms. The summed E-state index contributed by atoms with van der Waals surface area (Å²) in [5, 5.41) is 9.37. The molecule has 0 heterocycles. The molecule has 1 aromatic carbocycles. The fourth-order valence-electron chi connectivity index (χ4n) is 2.38. The van der Waals surface area contributed by atoms with E-state index < -0.39 is 11.2 Å². The van der Waals surface area contributed by atoms with E-state index in [2.05, 4.69) is 0 Å². The van der Waals surface area contributed by atoms with E-state index in [9.17, 15) is 9.50 Å². The fraction of sp³-hybridized carbons (Fsp3) is 0.500. The molecule has 3 N–H and O–H groups in total. The Morgan fingerprint density at radius 2 is 2.13 bits per heavy atom. The summed E-state index contributed by atoms with van der Waals surface area (Å²) in [5.74, 6) is 0.185. The number of halogens is 1. The average molecular weight is 209 g/mol. The number of aromatic hydroxyl groups is 1. The highest BCUT2D eigenvalue weighted by atomic mass is 19.1. The summed E-state index contributed by atoms with van der Waals surface area (Å²) in [7, 11) is 0. The zero-order chi connectivity index (χ0) is 11.1. The summed E-state index contributed by atoms with van der Waals surface area (Å²) in [5.41, 5.74) is 5.19. The Hall–Kier alpha value is -1.09. The highest BCUT2D eigenvalue weighted by Crippen LogP contribution is 2.44. The second-order valence-electron chi connectivity index (χ2n) is 4.80. The topological polar surface area (TPSA) is 46.2 Å². The van der Waals surface area contributed by atoms with Gasteiger partial charge in [-0.1, -0.05) is 12.1 Å². The minimum atomic E-state index is -1.18. The van der Waals surface area contributed by atoms with Crippen LogP contribution in [0.2, 0.25) is 0 Å². The summed E-state index contributed by atoms with van der Waals surface area (Å²) in [6.07, 6.45) is 1.44. The van der Waals surface area contributed by atoms with E-state index in [-0.39, 0.29) is 5.75 Å². The molecule has 82 valence electrons. The van der Waals surface area contributed by atoms with Crippen LogP contribution in [-0.4, -0.2) is 10.8 Å². The lowest BCUT2D eigenvalue weighted by Crippen LogP contribution is -2.35. The third kappa shape index (κ3) is 1.97. The number of phenolic OH excluding ortho intramolecular Hbond substituents is 1. The maximum atomic E-state index is 13.8. The van der Waals surface area contributed by atoms with E-state index in [4.69, 9.17) is 5.73 Å². The number of alkyl halides is 1. The van der Waals surface area contributed by atoms with Gasteiger partial charge < -0.3 is 10.8 Å². The number of rotatable bonds is 1. The van der Waals surface area contributed by atoms with Crippen molar-refractivity contribution in [2.75, 3.05) is 0 Å². The normalized spacial score (nSPS) is 35.7. The van der Waals surface area contributed by atoms with Crippen molar-refractivity contribution in [3.05, 3.63) is 29.8 Å². The number of hydrogen-bond donors (Lipinski definition) is 2. The Bertz CT molecular complexity index is 378. The van der Waals surface area contributed by atoms with Crippen molar-refractivity contribution >= 4 is 0 Å². The van der Waals surface area contributed by atoms with Gasteiger partial charge in [0.05, 0.1) is 0 Å². The first-order valence-electron chi connectivity index (χ1n) is 5.19. The fourth-order valence-corrected chi connectivity index (χ4v) is 2.38. The van der Waals surface area contributed by atoms with Gasteiger partial charge in [0, 0.05) is 12.0 Å². The maximum absolute atomic E-state index is 13.8. The largest absolute Gasteiger partial charge is 0.508 e. The quantitative estimate of drug-likeness (QED) is 0.746. The molecule has 0 aliphatic heterocycles. The van der Waals surface area contributed by atoms with Gasteiger partial charge in [-0.05, 0) is 37.5 Å². The van der Waals surface area contributed by atoms with E-state index >= 15 is 0 Å². The molecule has 1 aliphatic rings. The van der Waals surface area contributed by atoms with Crippen molar-refractivity contribution in [1.29, 1.82) is 0 Å². The van der Waals surface area contributed by atoms with Crippen LogP contribution in [-0.2, 0) is 5.54 Å². The number of benzene rings is 1. The Morgan fingerprint density at radius 3 is 2.67 bits per heavy atom. The first-order valence-corrected chi connectivity index (χ1v) is 5.19. The predicted octanol–water partition coefficient (Wildman–Crippen LogP) is 2.46. The maximum Gasteiger partial charge on any atom is 0.115 e. The smallest absolute Gasteiger partial charge is 0.115 e. The summed E-state index contributed by atoms with van der Waals surface area (Å²) < 4.78 is 13.8. The van der Waals surface area contributed by atoms with Crippen LogP contribution in [0.1, 0.15) is 31.7 Å². The van der Waals surface area contributed by atoms with Crippen molar-refractivity contribution in [3.63, 3.8) is 0 Å².